The van der Waals surface area contributed by atoms with Crippen LogP contribution in [-0.2, 0) is 19.6 Å². The third kappa shape index (κ3) is 4.41. The third-order valence-electron chi connectivity index (χ3n) is 3.61. The Bertz CT molecular complexity index is 501. The molecule has 1 fully saturated rings. The van der Waals surface area contributed by atoms with E-state index in [0.29, 0.717) is 25.8 Å². The van der Waals surface area contributed by atoms with Gasteiger partial charge in [0.05, 0.1) is 11.2 Å². The lowest BCUT2D eigenvalue weighted by Crippen LogP contribution is -2.49. The predicted molar refractivity (Wildman–Crippen MR) is 78.2 cm³/mol. The molecule has 1 amide bonds. The zero-order valence-corrected chi connectivity index (χ0v) is 13.6. The van der Waals surface area contributed by atoms with Crippen LogP contribution in [-0.4, -0.2) is 54.6 Å². The van der Waals surface area contributed by atoms with E-state index in [1.165, 1.54) is 18.2 Å². The van der Waals surface area contributed by atoms with Crippen molar-refractivity contribution < 1.29 is 23.1 Å². The van der Waals surface area contributed by atoms with Gasteiger partial charge in [-0.3, -0.25) is 9.59 Å². The van der Waals surface area contributed by atoms with Gasteiger partial charge < -0.3 is 10.4 Å². The predicted octanol–water partition coefficient (Wildman–Crippen LogP) is 0.418. The maximum Gasteiger partial charge on any atom is 0.310 e. The molecule has 0 aliphatic carbocycles. The van der Waals surface area contributed by atoms with Crippen LogP contribution in [0.4, 0.5) is 0 Å². The van der Waals surface area contributed by atoms with Crippen LogP contribution in [0, 0.1) is 5.41 Å². The summed E-state index contributed by atoms with van der Waals surface area (Å²) >= 11 is 0. The number of hydrogen-bond donors (Lipinski definition) is 2. The summed E-state index contributed by atoms with van der Waals surface area (Å²) < 4.78 is 25.5. The Balaban J connectivity index is 2.71. The molecule has 0 aromatic carbocycles. The summed E-state index contributed by atoms with van der Waals surface area (Å²) in [7, 11) is -3.42. The second-order valence-corrected chi connectivity index (χ2v) is 8.03. The molecule has 122 valence electrons. The molecule has 0 radical (unpaired) electrons. The molecule has 0 saturated carbocycles. The Morgan fingerprint density at radius 1 is 1.38 bits per heavy atom. The van der Waals surface area contributed by atoms with Crippen molar-refractivity contribution in [3.8, 4) is 0 Å². The van der Waals surface area contributed by atoms with Crippen molar-refractivity contribution in [2.75, 3.05) is 18.8 Å². The SMILES string of the molecule is CCCS(=O)(=O)N1CCCC1C(=O)NCC(C)(C)C(=O)O. The summed E-state index contributed by atoms with van der Waals surface area (Å²) in [6.07, 6.45) is 1.62. The smallest absolute Gasteiger partial charge is 0.310 e. The third-order valence-corrected chi connectivity index (χ3v) is 5.69. The highest BCUT2D eigenvalue weighted by molar-refractivity contribution is 7.89. The first-order chi connectivity index (χ1) is 9.62. The minimum atomic E-state index is -3.42. The molecule has 0 bridgehead atoms. The number of carboxylic acids is 1. The van der Waals surface area contributed by atoms with Crippen LogP contribution >= 0.6 is 0 Å². The molecule has 8 heteroatoms. The largest absolute Gasteiger partial charge is 0.481 e. The molecular formula is C13H24N2O5S. The van der Waals surface area contributed by atoms with Gasteiger partial charge in [-0.05, 0) is 33.1 Å². The van der Waals surface area contributed by atoms with Crippen molar-refractivity contribution in [2.45, 2.75) is 46.1 Å². The summed E-state index contributed by atoms with van der Waals surface area (Å²) in [4.78, 5) is 23.2. The van der Waals surface area contributed by atoms with Crippen molar-refractivity contribution in [1.82, 2.24) is 9.62 Å². The van der Waals surface area contributed by atoms with Gasteiger partial charge in [0.1, 0.15) is 6.04 Å². The second-order valence-electron chi connectivity index (χ2n) is 5.99. The first kappa shape index (κ1) is 17.9. The van der Waals surface area contributed by atoms with Crippen LogP contribution in [0.3, 0.4) is 0 Å². The monoisotopic (exact) mass is 320 g/mol. The van der Waals surface area contributed by atoms with Gasteiger partial charge in [0.2, 0.25) is 15.9 Å². The van der Waals surface area contributed by atoms with E-state index in [1.54, 1.807) is 6.92 Å². The highest BCUT2D eigenvalue weighted by Crippen LogP contribution is 2.22. The summed E-state index contributed by atoms with van der Waals surface area (Å²) in [6.45, 7) is 5.12. The number of carbonyl (C=O) groups is 2. The van der Waals surface area contributed by atoms with Crippen molar-refractivity contribution in [1.29, 1.82) is 0 Å². The maximum atomic E-state index is 12.2. The van der Waals surface area contributed by atoms with Crippen molar-refractivity contribution >= 4 is 21.9 Å². The van der Waals surface area contributed by atoms with Crippen molar-refractivity contribution in [3.63, 3.8) is 0 Å². The lowest BCUT2D eigenvalue weighted by atomic mass is 9.94. The normalized spacial score (nSPS) is 20.4. The number of carbonyl (C=O) groups excluding carboxylic acids is 1. The molecule has 1 rings (SSSR count). The number of carboxylic acid groups (broad SMARTS) is 1. The van der Waals surface area contributed by atoms with Crippen molar-refractivity contribution in [3.05, 3.63) is 0 Å². The second kappa shape index (κ2) is 6.74. The molecule has 1 aliphatic heterocycles. The minimum Gasteiger partial charge on any atom is -0.481 e. The van der Waals surface area contributed by atoms with Gasteiger partial charge in [-0.15, -0.1) is 0 Å². The van der Waals surface area contributed by atoms with E-state index in [9.17, 15) is 18.0 Å². The van der Waals surface area contributed by atoms with E-state index < -0.39 is 33.4 Å². The fraction of sp³-hybridized carbons (Fsp3) is 0.846. The minimum absolute atomic E-state index is 0.0252. The van der Waals surface area contributed by atoms with Crippen molar-refractivity contribution in [2.24, 2.45) is 5.41 Å². The molecular weight excluding hydrogens is 296 g/mol. The average molecular weight is 320 g/mol. The molecule has 1 atom stereocenters. The molecule has 1 saturated heterocycles. The van der Waals surface area contributed by atoms with E-state index in [1.807, 2.05) is 0 Å². The van der Waals surface area contributed by atoms with Gasteiger partial charge in [-0.1, -0.05) is 6.92 Å². The molecule has 2 N–H and O–H groups in total. The van der Waals surface area contributed by atoms with E-state index in [2.05, 4.69) is 5.32 Å². The molecule has 0 aromatic heterocycles. The molecule has 0 aromatic rings. The van der Waals surface area contributed by atoms with Crippen LogP contribution < -0.4 is 5.32 Å². The molecule has 1 aliphatic rings. The molecule has 1 heterocycles. The van der Waals surface area contributed by atoms with E-state index in [4.69, 9.17) is 5.11 Å². The number of nitrogens with one attached hydrogen (secondary N) is 1. The lowest BCUT2D eigenvalue weighted by molar-refractivity contribution is -0.146. The number of hydrogen-bond acceptors (Lipinski definition) is 4. The topological polar surface area (TPSA) is 104 Å². The fourth-order valence-electron chi connectivity index (χ4n) is 2.21. The maximum absolute atomic E-state index is 12.2. The fourth-order valence-corrected chi connectivity index (χ4v) is 3.96. The van der Waals surface area contributed by atoms with Crippen LogP contribution in [0.1, 0.15) is 40.0 Å². The Hall–Kier alpha value is -1.15. The first-order valence-electron chi connectivity index (χ1n) is 7.12. The van der Waals surface area contributed by atoms with Gasteiger partial charge in [0.25, 0.3) is 0 Å². The van der Waals surface area contributed by atoms with Crippen LogP contribution in [0.2, 0.25) is 0 Å². The summed E-state index contributed by atoms with van der Waals surface area (Å²) in [5, 5.41) is 11.6. The number of amides is 1. The number of aliphatic carboxylic acids is 1. The molecule has 21 heavy (non-hydrogen) atoms. The number of rotatable bonds is 7. The van der Waals surface area contributed by atoms with E-state index in [-0.39, 0.29) is 12.3 Å². The van der Waals surface area contributed by atoms with Crippen LogP contribution in [0.25, 0.3) is 0 Å². The summed E-state index contributed by atoms with van der Waals surface area (Å²) in [6, 6.07) is -0.717. The Kier molecular flexibility index (Phi) is 5.75. The summed E-state index contributed by atoms with van der Waals surface area (Å²) in [5.74, 6) is -1.40. The number of nitrogens with zero attached hydrogens (tertiary/aromatic N) is 1. The van der Waals surface area contributed by atoms with E-state index >= 15 is 0 Å². The Labute approximate surface area is 125 Å². The van der Waals surface area contributed by atoms with Crippen LogP contribution in [0.5, 0.6) is 0 Å². The quantitative estimate of drug-likeness (QED) is 0.707. The highest BCUT2D eigenvalue weighted by Gasteiger charge is 2.38. The zero-order chi connectivity index (χ0) is 16.3. The standard InChI is InChI=1S/C13H24N2O5S/c1-4-8-21(19,20)15-7-5-6-10(15)11(16)14-9-13(2,3)12(17)18/h10H,4-9H2,1-3H3,(H,14,16)(H,17,18). The lowest BCUT2D eigenvalue weighted by Gasteiger charge is -2.25. The van der Waals surface area contributed by atoms with Gasteiger partial charge in [0.15, 0.2) is 0 Å². The van der Waals surface area contributed by atoms with Gasteiger partial charge in [-0.2, -0.15) is 4.31 Å². The summed E-state index contributed by atoms with van der Waals surface area (Å²) in [5.41, 5.74) is -1.08. The highest BCUT2D eigenvalue weighted by atomic mass is 32.2. The average Bonchev–Trinajstić information content (AvgIpc) is 2.85. The molecule has 0 spiro atoms. The van der Waals surface area contributed by atoms with E-state index in [0.717, 1.165) is 0 Å². The van der Waals surface area contributed by atoms with Gasteiger partial charge >= 0.3 is 5.97 Å². The molecule has 1 unspecified atom stereocenters. The van der Waals surface area contributed by atoms with Gasteiger partial charge in [-0.25, -0.2) is 8.42 Å². The Morgan fingerprint density at radius 3 is 2.52 bits per heavy atom. The first-order valence-corrected chi connectivity index (χ1v) is 8.73. The zero-order valence-electron chi connectivity index (χ0n) is 12.8. The molecule has 7 nitrogen and oxygen atoms in total. The van der Waals surface area contributed by atoms with Crippen LogP contribution in [0.15, 0.2) is 0 Å². The number of sulfonamides is 1. The van der Waals surface area contributed by atoms with Gasteiger partial charge in [0, 0.05) is 13.1 Å². The Morgan fingerprint density at radius 2 is 2.00 bits per heavy atom.